The van der Waals surface area contributed by atoms with Crippen LogP contribution in [0, 0.1) is 6.92 Å². The van der Waals surface area contributed by atoms with Crippen molar-refractivity contribution in [1.82, 2.24) is 4.98 Å². The molecule has 0 saturated carbocycles. The van der Waals surface area contributed by atoms with Gasteiger partial charge in [-0.3, -0.25) is 4.79 Å². The van der Waals surface area contributed by atoms with E-state index in [1.54, 1.807) is 7.11 Å². The van der Waals surface area contributed by atoms with Crippen molar-refractivity contribution in [2.75, 3.05) is 19.5 Å². The molecule has 126 valence electrons. The zero-order chi connectivity index (χ0) is 17.6. The van der Waals surface area contributed by atoms with Crippen LogP contribution in [0.5, 0.6) is 5.75 Å². The van der Waals surface area contributed by atoms with Crippen molar-refractivity contribution in [3.05, 3.63) is 57.7 Å². The minimum Gasteiger partial charge on any atom is -0.496 e. The van der Waals surface area contributed by atoms with E-state index in [0.29, 0.717) is 0 Å². The highest BCUT2D eigenvalue weighted by molar-refractivity contribution is 7.17. The summed E-state index contributed by atoms with van der Waals surface area (Å²) >= 11 is 1.46. The molecule has 0 spiro atoms. The lowest BCUT2D eigenvalue weighted by atomic mass is 9.95. The number of H-pyrrole nitrogens is 1. The fraction of sp³-hybridized carbons (Fsp3) is 0.150. The average Bonchev–Trinajstić information content (AvgIpc) is 3.11. The van der Waals surface area contributed by atoms with E-state index in [0.717, 1.165) is 49.1 Å². The lowest BCUT2D eigenvalue weighted by molar-refractivity contribution is 0.417. The van der Waals surface area contributed by atoms with E-state index in [1.165, 1.54) is 11.3 Å². The summed E-state index contributed by atoms with van der Waals surface area (Å²) in [6.45, 7) is 2.08. The Kier molecular flexibility index (Phi) is 3.73. The van der Waals surface area contributed by atoms with Gasteiger partial charge in [0.25, 0.3) is 5.56 Å². The van der Waals surface area contributed by atoms with Crippen molar-refractivity contribution in [2.45, 2.75) is 6.92 Å². The number of rotatable bonds is 3. The normalized spacial score (nSPS) is 11.2. The van der Waals surface area contributed by atoms with Gasteiger partial charge >= 0.3 is 0 Å². The Morgan fingerprint density at radius 3 is 2.72 bits per heavy atom. The SMILES string of the molecule is CNc1ccc(-c2c(OC)ccc3[nH]c(=O)c4sccc4c23)cc1C. The number of hydrogen-bond acceptors (Lipinski definition) is 4. The van der Waals surface area contributed by atoms with Crippen LogP contribution < -0.4 is 15.6 Å². The van der Waals surface area contributed by atoms with Gasteiger partial charge in [0.05, 0.1) is 7.11 Å². The number of aromatic amines is 1. The maximum atomic E-state index is 12.3. The highest BCUT2D eigenvalue weighted by Gasteiger charge is 2.16. The van der Waals surface area contributed by atoms with Crippen LogP contribution in [0.15, 0.2) is 46.6 Å². The number of aromatic nitrogens is 1. The molecule has 4 aromatic rings. The van der Waals surface area contributed by atoms with Crippen LogP contribution in [0.25, 0.3) is 32.1 Å². The average molecular weight is 350 g/mol. The summed E-state index contributed by atoms with van der Waals surface area (Å²) in [5.41, 5.74) is 5.10. The Morgan fingerprint density at radius 2 is 2.00 bits per heavy atom. The molecule has 2 N–H and O–H groups in total. The summed E-state index contributed by atoms with van der Waals surface area (Å²) in [4.78, 5) is 15.3. The topological polar surface area (TPSA) is 54.1 Å². The van der Waals surface area contributed by atoms with Crippen molar-refractivity contribution in [2.24, 2.45) is 0 Å². The number of methoxy groups -OCH3 is 1. The van der Waals surface area contributed by atoms with Crippen LogP contribution in [0.3, 0.4) is 0 Å². The summed E-state index contributed by atoms with van der Waals surface area (Å²) in [6.07, 6.45) is 0. The second kappa shape index (κ2) is 5.93. The molecule has 25 heavy (non-hydrogen) atoms. The molecule has 4 rings (SSSR count). The molecule has 0 unspecified atom stereocenters. The highest BCUT2D eigenvalue weighted by Crippen LogP contribution is 2.40. The van der Waals surface area contributed by atoms with E-state index in [-0.39, 0.29) is 5.56 Å². The molecule has 0 radical (unpaired) electrons. The quantitative estimate of drug-likeness (QED) is 0.560. The number of benzene rings is 2. The van der Waals surface area contributed by atoms with Gasteiger partial charge in [-0.15, -0.1) is 11.3 Å². The second-order valence-corrected chi connectivity index (χ2v) is 6.88. The van der Waals surface area contributed by atoms with Crippen LogP contribution >= 0.6 is 11.3 Å². The van der Waals surface area contributed by atoms with Gasteiger partial charge in [-0.2, -0.15) is 0 Å². The van der Waals surface area contributed by atoms with Gasteiger partial charge < -0.3 is 15.0 Å². The van der Waals surface area contributed by atoms with Crippen LogP contribution in [0.2, 0.25) is 0 Å². The first-order valence-corrected chi connectivity index (χ1v) is 8.91. The number of thiophene rings is 1. The molecule has 0 atom stereocenters. The zero-order valence-electron chi connectivity index (χ0n) is 14.3. The largest absolute Gasteiger partial charge is 0.496 e. The van der Waals surface area contributed by atoms with Gasteiger partial charge in [0.15, 0.2) is 0 Å². The smallest absolute Gasteiger partial charge is 0.266 e. The van der Waals surface area contributed by atoms with Crippen molar-refractivity contribution >= 4 is 38.0 Å². The Morgan fingerprint density at radius 1 is 1.16 bits per heavy atom. The van der Waals surface area contributed by atoms with E-state index in [1.807, 2.05) is 30.6 Å². The summed E-state index contributed by atoms with van der Waals surface area (Å²) in [5, 5.41) is 7.14. The third-order valence-electron chi connectivity index (χ3n) is 4.56. The Bertz CT molecular complexity index is 1160. The molecule has 0 aliphatic carbocycles. The van der Waals surface area contributed by atoms with Gasteiger partial charge in [-0.25, -0.2) is 0 Å². The molecule has 0 saturated heterocycles. The number of fused-ring (bicyclic) bond motifs is 3. The number of ether oxygens (including phenoxy) is 1. The van der Waals surface area contributed by atoms with E-state index in [9.17, 15) is 4.79 Å². The number of anilines is 1. The molecular formula is C20H18N2O2S. The number of aryl methyl sites for hydroxylation is 1. The molecule has 0 aliphatic heterocycles. The molecule has 0 fully saturated rings. The molecule has 2 aromatic carbocycles. The summed E-state index contributed by atoms with van der Waals surface area (Å²) in [5.74, 6) is 0.795. The van der Waals surface area contributed by atoms with E-state index >= 15 is 0 Å². The maximum Gasteiger partial charge on any atom is 0.266 e. The first-order valence-electron chi connectivity index (χ1n) is 8.03. The molecule has 5 heteroatoms. The third-order valence-corrected chi connectivity index (χ3v) is 5.47. The van der Waals surface area contributed by atoms with Crippen LogP contribution in [0.4, 0.5) is 5.69 Å². The minimum absolute atomic E-state index is 0.0460. The lowest BCUT2D eigenvalue weighted by Crippen LogP contribution is -2.05. The molecule has 2 heterocycles. The Labute approximate surface area is 149 Å². The molecule has 4 nitrogen and oxygen atoms in total. The fourth-order valence-corrected chi connectivity index (χ4v) is 4.18. The molecule has 0 aliphatic rings. The van der Waals surface area contributed by atoms with Crippen molar-refractivity contribution in [3.8, 4) is 16.9 Å². The van der Waals surface area contributed by atoms with E-state index in [4.69, 9.17) is 4.74 Å². The van der Waals surface area contributed by atoms with Gasteiger partial charge in [-0.1, -0.05) is 6.07 Å². The van der Waals surface area contributed by atoms with Crippen molar-refractivity contribution < 1.29 is 4.74 Å². The minimum atomic E-state index is -0.0460. The molecule has 0 amide bonds. The third kappa shape index (κ3) is 2.39. The van der Waals surface area contributed by atoms with Crippen LogP contribution in [-0.4, -0.2) is 19.1 Å². The van der Waals surface area contributed by atoms with E-state index < -0.39 is 0 Å². The van der Waals surface area contributed by atoms with Crippen LogP contribution in [0.1, 0.15) is 5.56 Å². The molecular weight excluding hydrogens is 332 g/mol. The monoisotopic (exact) mass is 350 g/mol. The van der Waals surface area contributed by atoms with Crippen LogP contribution in [-0.2, 0) is 0 Å². The summed E-state index contributed by atoms with van der Waals surface area (Å²) in [7, 11) is 3.59. The summed E-state index contributed by atoms with van der Waals surface area (Å²) in [6, 6.07) is 12.1. The predicted octanol–water partition coefficient (Wildman–Crippen LogP) is 4.77. The van der Waals surface area contributed by atoms with E-state index in [2.05, 4.69) is 35.4 Å². The van der Waals surface area contributed by atoms with Gasteiger partial charge in [0.2, 0.25) is 0 Å². The molecule has 2 aromatic heterocycles. The molecule has 0 bridgehead atoms. The lowest BCUT2D eigenvalue weighted by Gasteiger charge is -2.15. The number of nitrogens with one attached hydrogen (secondary N) is 2. The Balaban J connectivity index is 2.16. The second-order valence-electron chi connectivity index (χ2n) is 5.96. The summed E-state index contributed by atoms with van der Waals surface area (Å²) < 4.78 is 6.40. The number of pyridine rings is 1. The first-order chi connectivity index (χ1) is 12.1. The van der Waals surface area contributed by atoms with Gasteiger partial charge in [0, 0.05) is 34.6 Å². The highest BCUT2D eigenvalue weighted by atomic mass is 32.1. The predicted molar refractivity (Wildman–Crippen MR) is 106 cm³/mol. The number of hydrogen-bond donors (Lipinski definition) is 2. The first kappa shape index (κ1) is 15.7. The van der Waals surface area contributed by atoms with Crippen molar-refractivity contribution in [3.63, 3.8) is 0 Å². The Hall–Kier alpha value is -2.79. The zero-order valence-corrected chi connectivity index (χ0v) is 15.1. The van der Waals surface area contributed by atoms with Gasteiger partial charge in [-0.05, 0) is 53.8 Å². The standard InChI is InChI=1S/C20H18N2O2S/c1-11-10-12(4-5-14(11)21-2)17-16(24-3)7-6-15-18(17)13-8-9-25-19(13)20(23)22-15/h4-10,21H,1-3H3,(H,22,23). The maximum absolute atomic E-state index is 12.3. The fourth-order valence-electron chi connectivity index (χ4n) is 3.38. The van der Waals surface area contributed by atoms with Gasteiger partial charge in [0.1, 0.15) is 10.4 Å². The van der Waals surface area contributed by atoms with Crippen molar-refractivity contribution in [1.29, 1.82) is 0 Å².